The maximum absolute atomic E-state index is 6.17. The lowest BCUT2D eigenvalue weighted by molar-refractivity contribution is 0.443. The fourth-order valence-corrected chi connectivity index (χ4v) is 2.02. The molecule has 0 aliphatic carbocycles. The van der Waals surface area contributed by atoms with Gasteiger partial charge < -0.3 is 5.32 Å². The van der Waals surface area contributed by atoms with Crippen molar-refractivity contribution in [2.45, 2.75) is 39.7 Å². The van der Waals surface area contributed by atoms with Gasteiger partial charge in [0, 0.05) is 27.7 Å². The van der Waals surface area contributed by atoms with Gasteiger partial charge in [0.1, 0.15) is 0 Å². The Morgan fingerprint density at radius 3 is 2.22 bits per heavy atom. The highest BCUT2D eigenvalue weighted by Crippen LogP contribution is 2.27. The summed E-state index contributed by atoms with van der Waals surface area (Å²) in [7, 11) is 0. The second-order valence-electron chi connectivity index (χ2n) is 5.40. The summed E-state index contributed by atoms with van der Waals surface area (Å²) in [6, 6.07) is 5.59. The number of rotatable bonds is 4. The maximum atomic E-state index is 6.17. The fraction of sp³-hybridized carbons (Fsp3) is 0.467. The Morgan fingerprint density at radius 1 is 1.22 bits per heavy atom. The molecule has 1 nitrogen and oxygen atoms in total. The highest BCUT2D eigenvalue weighted by Gasteiger charge is 2.10. The van der Waals surface area contributed by atoms with Crippen LogP contribution in [0.15, 0.2) is 23.8 Å². The lowest BCUT2D eigenvalue weighted by atomic mass is 10.1. The molecule has 0 heterocycles. The van der Waals surface area contributed by atoms with E-state index in [0.29, 0.717) is 10.0 Å². The first kappa shape index (κ1) is 15.6. The molecule has 100 valence electrons. The van der Waals surface area contributed by atoms with E-state index in [-0.39, 0.29) is 5.54 Å². The van der Waals surface area contributed by atoms with Gasteiger partial charge in [0.15, 0.2) is 0 Å². The number of hydrogen-bond acceptors (Lipinski definition) is 1. The van der Waals surface area contributed by atoms with E-state index in [2.05, 4.69) is 39.1 Å². The summed E-state index contributed by atoms with van der Waals surface area (Å²) in [5.74, 6) is 0. The van der Waals surface area contributed by atoms with Crippen molar-refractivity contribution >= 4 is 29.3 Å². The molecule has 3 heteroatoms. The van der Waals surface area contributed by atoms with Crippen molar-refractivity contribution in [3.63, 3.8) is 0 Å². The topological polar surface area (TPSA) is 12.0 Å². The third-order valence-electron chi connectivity index (χ3n) is 2.65. The minimum atomic E-state index is 0.110. The van der Waals surface area contributed by atoms with Gasteiger partial charge in [-0.05, 0) is 39.3 Å². The molecule has 1 aromatic carbocycles. The van der Waals surface area contributed by atoms with Gasteiger partial charge in [-0.2, -0.15) is 0 Å². The summed E-state index contributed by atoms with van der Waals surface area (Å²) in [5, 5.41) is 4.87. The van der Waals surface area contributed by atoms with E-state index in [1.165, 1.54) is 5.57 Å². The molecule has 1 aromatic rings. The van der Waals surface area contributed by atoms with Gasteiger partial charge in [0.25, 0.3) is 0 Å². The molecule has 0 aliphatic rings. The predicted octanol–water partition coefficient (Wildman–Crippen LogP) is 5.17. The van der Waals surface area contributed by atoms with E-state index in [1.54, 1.807) is 0 Å². The van der Waals surface area contributed by atoms with Gasteiger partial charge in [0.05, 0.1) is 0 Å². The quantitative estimate of drug-likeness (QED) is 0.804. The molecular weight excluding hydrogens is 265 g/mol. The van der Waals surface area contributed by atoms with Crippen LogP contribution in [0.2, 0.25) is 10.0 Å². The number of nitrogens with one attached hydrogen (secondary N) is 1. The van der Waals surface area contributed by atoms with Crippen LogP contribution in [0.5, 0.6) is 0 Å². The summed E-state index contributed by atoms with van der Waals surface area (Å²) >= 11 is 12.3. The van der Waals surface area contributed by atoms with Crippen molar-refractivity contribution in [1.82, 2.24) is 5.32 Å². The summed E-state index contributed by atoms with van der Waals surface area (Å²) in [5.41, 5.74) is 2.31. The smallest absolute Gasteiger partial charge is 0.0493 e. The van der Waals surface area contributed by atoms with Gasteiger partial charge in [-0.15, -0.1) is 0 Å². The van der Waals surface area contributed by atoms with Crippen LogP contribution in [-0.2, 0) is 0 Å². The minimum Gasteiger partial charge on any atom is -0.308 e. The Morgan fingerprint density at radius 2 is 1.78 bits per heavy atom. The highest BCUT2D eigenvalue weighted by atomic mass is 35.5. The van der Waals surface area contributed by atoms with E-state index in [0.717, 1.165) is 18.5 Å². The van der Waals surface area contributed by atoms with E-state index in [4.69, 9.17) is 23.2 Å². The molecule has 0 radical (unpaired) electrons. The third-order valence-corrected chi connectivity index (χ3v) is 3.31. The monoisotopic (exact) mass is 285 g/mol. The Labute approximate surface area is 120 Å². The predicted molar refractivity (Wildman–Crippen MR) is 82.5 cm³/mol. The van der Waals surface area contributed by atoms with Gasteiger partial charge in [-0.1, -0.05) is 47.8 Å². The average molecular weight is 286 g/mol. The fourth-order valence-electron chi connectivity index (χ4n) is 1.51. The lowest BCUT2D eigenvalue weighted by Gasteiger charge is -2.21. The van der Waals surface area contributed by atoms with Crippen LogP contribution in [-0.4, -0.2) is 12.1 Å². The molecule has 0 atom stereocenters. The van der Waals surface area contributed by atoms with Gasteiger partial charge in [0.2, 0.25) is 0 Å². The summed E-state index contributed by atoms with van der Waals surface area (Å²) < 4.78 is 0. The van der Waals surface area contributed by atoms with Crippen LogP contribution >= 0.6 is 23.2 Å². The molecule has 1 N–H and O–H groups in total. The van der Waals surface area contributed by atoms with Crippen molar-refractivity contribution in [1.29, 1.82) is 0 Å². The molecule has 0 bridgehead atoms. The molecular formula is C15H21Cl2N. The van der Waals surface area contributed by atoms with Crippen LogP contribution in [0.25, 0.3) is 6.08 Å². The van der Waals surface area contributed by atoms with Crippen LogP contribution in [0.1, 0.15) is 39.7 Å². The summed E-state index contributed by atoms with van der Waals surface area (Å²) in [4.78, 5) is 0. The van der Waals surface area contributed by atoms with Crippen LogP contribution in [0, 0.1) is 0 Å². The maximum Gasteiger partial charge on any atom is 0.0493 e. The Bertz CT molecular complexity index is 410. The molecule has 18 heavy (non-hydrogen) atoms. The van der Waals surface area contributed by atoms with Gasteiger partial charge in [-0.3, -0.25) is 0 Å². The summed E-state index contributed by atoms with van der Waals surface area (Å²) in [6.45, 7) is 9.46. The molecule has 0 spiro atoms. The first-order valence-corrected chi connectivity index (χ1v) is 6.97. The Hall–Kier alpha value is -0.500. The number of halogens is 2. The first-order valence-electron chi connectivity index (χ1n) is 6.22. The van der Waals surface area contributed by atoms with Crippen LogP contribution < -0.4 is 5.32 Å². The van der Waals surface area contributed by atoms with Gasteiger partial charge >= 0.3 is 0 Å². The highest BCUT2D eigenvalue weighted by molar-refractivity contribution is 6.37. The molecule has 0 fully saturated rings. The van der Waals surface area contributed by atoms with Crippen molar-refractivity contribution in [2.24, 2.45) is 0 Å². The average Bonchev–Trinajstić information content (AvgIpc) is 2.26. The molecule has 0 amide bonds. The number of benzene rings is 1. The van der Waals surface area contributed by atoms with E-state index >= 15 is 0 Å². The van der Waals surface area contributed by atoms with E-state index in [9.17, 15) is 0 Å². The van der Waals surface area contributed by atoms with E-state index in [1.807, 2.05) is 18.2 Å². The van der Waals surface area contributed by atoms with Crippen LogP contribution in [0.3, 0.4) is 0 Å². The zero-order valence-electron chi connectivity index (χ0n) is 11.5. The standard InChI is InChI=1S/C15H21Cl2N/c1-5-11(10-18-15(2,3)4)9-12-13(16)7-6-8-14(12)17/h6-9,18H,5,10H2,1-4H3. The van der Waals surface area contributed by atoms with Gasteiger partial charge in [-0.25, -0.2) is 0 Å². The Kier molecular flexibility index (Phi) is 5.71. The number of hydrogen-bond donors (Lipinski definition) is 1. The van der Waals surface area contributed by atoms with Crippen LogP contribution in [0.4, 0.5) is 0 Å². The Balaban J connectivity index is 2.91. The first-order chi connectivity index (χ1) is 8.33. The largest absolute Gasteiger partial charge is 0.308 e. The molecule has 1 rings (SSSR count). The third kappa shape index (κ3) is 5.01. The zero-order valence-corrected chi connectivity index (χ0v) is 13.0. The van der Waals surface area contributed by atoms with Crippen molar-refractivity contribution in [2.75, 3.05) is 6.54 Å². The minimum absolute atomic E-state index is 0.110. The van der Waals surface area contributed by atoms with Crippen molar-refractivity contribution in [3.05, 3.63) is 39.4 Å². The lowest BCUT2D eigenvalue weighted by Crippen LogP contribution is -2.36. The molecule has 0 saturated carbocycles. The molecule has 0 aliphatic heterocycles. The molecule has 0 aromatic heterocycles. The van der Waals surface area contributed by atoms with E-state index < -0.39 is 0 Å². The second kappa shape index (κ2) is 6.60. The SMILES string of the molecule is CCC(=Cc1c(Cl)cccc1Cl)CNC(C)(C)C. The van der Waals surface area contributed by atoms with Crippen molar-refractivity contribution < 1.29 is 0 Å². The molecule has 0 saturated heterocycles. The molecule has 0 unspecified atom stereocenters. The normalized spacial score (nSPS) is 12.9. The van der Waals surface area contributed by atoms with Crippen molar-refractivity contribution in [3.8, 4) is 0 Å². The zero-order chi connectivity index (χ0) is 13.8. The summed E-state index contributed by atoms with van der Waals surface area (Å²) in [6.07, 6.45) is 3.06. The second-order valence-corrected chi connectivity index (χ2v) is 6.21.